The summed E-state index contributed by atoms with van der Waals surface area (Å²) < 4.78 is 16.5. The fourth-order valence-electron chi connectivity index (χ4n) is 2.88. The van der Waals surface area contributed by atoms with Crippen LogP contribution in [0.5, 0.6) is 11.5 Å². The molecule has 3 rings (SSSR count). The topological polar surface area (TPSA) is 82.1 Å². The van der Waals surface area contributed by atoms with Gasteiger partial charge in [-0.1, -0.05) is 29.8 Å². The number of hydrogen-bond acceptors (Lipinski definition) is 7. The van der Waals surface area contributed by atoms with E-state index in [0.717, 1.165) is 16.7 Å². The van der Waals surface area contributed by atoms with Gasteiger partial charge in [0.25, 0.3) is 11.1 Å². The van der Waals surface area contributed by atoms with Crippen molar-refractivity contribution in [3.05, 3.63) is 61.0 Å². The Labute approximate surface area is 208 Å². The molecular formula is C22H19ClINO6S. The Morgan fingerprint density at radius 3 is 2.69 bits per heavy atom. The molecule has 2 amide bonds. The van der Waals surface area contributed by atoms with Crippen LogP contribution in [0, 0.1) is 3.57 Å². The maximum absolute atomic E-state index is 12.8. The van der Waals surface area contributed by atoms with E-state index in [9.17, 15) is 14.4 Å². The first-order valence-corrected chi connectivity index (χ1v) is 11.8. The van der Waals surface area contributed by atoms with Crippen LogP contribution in [-0.4, -0.2) is 42.3 Å². The Morgan fingerprint density at radius 2 is 2.00 bits per heavy atom. The first-order chi connectivity index (χ1) is 15.3. The second-order valence-electron chi connectivity index (χ2n) is 6.49. The highest BCUT2D eigenvalue weighted by atomic mass is 127. The minimum Gasteiger partial charge on any atom is -0.493 e. The zero-order valence-electron chi connectivity index (χ0n) is 17.2. The fraction of sp³-hybridized carbons (Fsp3) is 0.227. The number of amides is 2. The van der Waals surface area contributed by atoms with E-state index in [-0.39, 0.29) is 25.0 Å². The van der Waals surface area contributed by atoms with Crippen molar-refractivity contribution in [2.24, 2.45) is 0 Å². The minimum atomic E-state index is -0.485. The van der Waals surface area contributed by atoms with Crippen molar-refractivity contribution in [1.82, 2.24) is 4.90 Å². The third-order valence-corrected chi connectivity index (χ3v) is 6.43. The number of hydrogen-bond donors (Lipinski definition) is 0. The minimum absolute atomic E-state index is 0.100. The molecule has 0 atom stereocenters. The number of carbonyl (C=O) groups excluding carboxylic acids is 3. The molecule has 0 aromatic heterocycles. The summed E-state index contributed by atoms with van der Waals surface area (Å²) in [6, 6.07) is 10.5. The molecule has 1 aliphatic heterocycles. The van der Waals surface area contributed by atoms with Crippen molar-refractivity contribution < 1.29 is 28.6 Å². The summed E-state index contributed by atoms with van der Waals surface area (Å²) in [6.07, 6.45) is 1.62. The van der Waals surface area contributed by atoms with Crippen molar-refractivity contribution in [3.63, 3.8) is 0 Å². The SMILES string of the molecule is CCOC(=O)COc1c(I)cc(/C=C2\SC(=O)N(Cc3ccccc3Cl)C2=O)cc1OC. The second kappa shape index (κ2) is 11.1. The van der Waals surface area contributed by atoms with Gasteiger partial charge >= 0.3 is 5.97 Å². The summed E-state index contributed by atoms with van der Waals surface area (Å²) >= 11 is 9.08. The van der Waals surface area contributed by atoms with Crippen LogP contribution in [0.4, 0.5) is 4.79 Å². The van der Waals surface area contributed by atoms with Gasteiger partial charge in [0, 0.05) is 5.02 Å². The van der Waals surface area contributed by atoms with Gasteiger partial charge in [-0.3, -0.25) is 14.5 Å². The van der Waals surface area contributed by atoms with Crippen LogP contribution < -0.4 is 9.47 Å². The molecule has 0 bridgehead atoms. The number of methoxy groups -OCH3 is 1. The van der Waals surface area contributed by atoms with Gasteiger partial charge in [0.15, 0.2) is 18.1 Å². The van der Waals surface area contributed by atoms with E-state index in [1.165, 1.54) is 7.11 Å². The third-order valence-electron chi connectivity index (χ3n) is 4.35. The van der Waals surface area contributed by atoms with Gasteiger partial charge in [-0.15, -0.1) is 0 Å². The number of benzene rings is 2. The number of carbonyl (C=O) groups is 3. The molecule has 2 aromatic rings. The zero-order chi connectivity index (χ0) is 23.3. The maximum Gasteiger partial charge on any atom is 0.344 e. The van der Waals surface area contributed by atoms with E-state index in [1.807, 2.05) is 0 Å². The summed E-state index contributed by atoms with van der Waals surface area (Å²) in [5.41, 5.74) is 1.34. The Morgan fingerprint density at radius 1 is 1.25 bits per heavy atom. The first-order valence-electron chi connectivity index (χ1n) is 9.48. The summed E-state index contributed by atoms with van der Waals surface area (Å²) in [5.74, 6) is -0.0916. The first kappa shape index (κ1) is 24.4. The average molecular weight is 588 g/mol. The molecule has 0 unspecified atom stereocenters. The van der Waals surface area contributed by atoms with Crippen LogP contribution in [0.15, 0.2) is 41.3 Å². The summed E-state index contributed by atoms with van der Waals surface area (Å²) in [5, 5.41) is 0.130. The van der Waals surface area contributed by atoms with Crippen molar-refractivity contribution in [2.45, 2.75) is 13.5 Å². The Hall–Kier alpha value is -2.24. The highest BCUT2D eigenvalue weighted by Crippen LogP contribution is 2.38. The molecule has 168 valence electrons. The monoisotopic (exact) mass is 587 g/mol. The normalized spacial score (nSPS) is 14.8. The molecule has 0 N–H and O–H groups in total. The predicted molar refractivity (Wildman–Crippen MR) is 131 cm³/mol. The maximum atomic E-state index is 12.8. The number of nitrogens with zero attached hydrogens (tertiary/aromatic N) is 1. The lowest BCUT2D eigenvalue weighted by Gasteiger charge is -2.14. The number of rotatable bonds is 8. The van der Waals surface area contributed by atoms with Crippen LogP contribution in [0.2, 0.25) is 5.02 Å². The predicted octanol–water partition coefficient (Wildman–Crippen LogP) is 5.13. The Balaban J connectivity index is 1.81. The molecule has 0 radical (unpaired) electrons. The Bertz CT molecular complexity index is 1090. The van der Waals surface area contributed by atoms with E-state index >= 15 is 0 Å². The van der Waals surface area contributed by atoms with E-state index in [2.05, 4.69) is 22.6 Å². The lowest BCUT2D eigenvalue weighted by Crippen LogP contribution is -2.27. The highest BCUT2D eigenvalue weighted by molar-refractivity contribution is 14.1. The van der Waals surface area contributed by atoms with Gasteiger partial charge in [-0.05, 0) is 76.7 Å². The molecule has 7 nitrogen and oxygen atoms in total. The van der Waals surface area contributed by atoms with Crippen molar-refractivity contribution >= 4 is 69.1 Å². The van der Waals surface area contributed by atoms with Gasteiger partial charge in [0.1, 0.15) is 0 Å². The van der Waals surface area contributed by atoms with Gasteiger partial charge in [0.05, 0.1) is 28.7 Å². The van der Waals surface area contributed by atoms with Crippen molar-refractivity contribution in [3.8, 4) is 11.5 Å². The van der Waals surface area contributed by atoms with Crippen LogP contribution in [0.1, 0.15) is 18.1 Å². The number of thioether (sulfide) groups is 1. The molecule has 1 aliphatic rings. The van der Waals surface area contributed by atoms with E-state index in [4.69, 9.17) is 25.8 Å². The van der Waals surface area contributed by atoms with Gasteiger partial charge < -0.3 is 14.2 Å². The third kappa shape index (κ3) is 5.76. The standard InChI is InChI=1S/C22H19ClINO6S/c1-3-30-19(26)12-31-20-16(24)8-13(9-17(20)29-2)10-18-21(27)25(22(28)32-18)11-14-6-4-5-7-15(14)23/h4-10H,3,11-12H2,1-2H3/b18-10-. The summed E-state index contributed by atoms with van der Waals surface area (Å²) in [7, 11) is 1.48. The number of imide groups is 1. The molecule has 1 saturated heterocycles. The van der Waals surface area contributed by atoms with Crippen LogP contribution in [-0.2, 0) is 20.9 Å². The van der Waals surface area contributed by atoms with Gasteiger partial charge in [-0.25, -0.2) is 4.79 Å². The number of ether oxygens (including phenoxy) is 3. The van der Waals surface area contributed by atoms with Gasteiger partial charge in [0.2, 0.25) is 0 Å². The van der Waals surface area contributed by atoms with E-state index in [1.54, 1.807) is 49.4 Å². The quantitative estimate of drug-likeness (QED) is 0.241. The second-order valence-corrected chi connectivity index (χ2v) is 9.05. The van der Waals surface area contributed by atoms with Crippen LogP contribution in [0.3, 0.4) is 0 Å². The smallest absolute Gasteiger partial charge is 0.344 e. The fourth-order valence-corrected chi connectivity index (χ4v) is 4.70. The van der Waals surface area contributed by atoms with E-state index in [0.29, 0.717) is 36.1 Å². The van der Waals surface area contributed by atoms with Crippen LogP contribution >= 0.6 is 46.0 Å². The average Bonchev–Trinajstić information content (AvgIpc) is 3.01. The van der Waals surface area contributed by atoms with Crippen LogP contribution in [0.25, 0.3) is 6.08 Å². The van der Waals surface area contributed by atoms with E-state index < -0.39 is 11.9 Å². The lowest BCUT2D eigenvalue weighted by atomic mass is 10.1. The Kier molecular flexibility index (Phi) is 8.44. The summed E-state index contributed by atoms with van der Waals surface area (Å²) in [6.45, 7) is 1.83. The molecule has 32 heavy (non-hydrogen) atoms. The molecule has 2 aromatic carbocycles. The molecule has 0 saturated carbocycles. The largest absolute Gasteiger partial charge is 0.493 e. The molecule has 0 aliphatic carbocycles. The molecule has 0 spiro atoms. The molecule has 1 fully saturated rings. The molecular weight excluding hydrogens is 569 g/mol. The lowest BCUT2D eigenvalue weighted by molar-refractivity contribution is -0.145. The van der Waals surface area contributed by atoms with Crippen molar-refractivity contribution in [2.75, 3.05) is 20.3 Å². The summed E-state index contributed by atoms with van der Waals surface area (Å²) in [4.78, 5) is 38.3. The number of esters is 1. The zero-order valence-corrected chi connectivity index (χ0v) is 21.0. The molecule has 1 heterocycles. The number of halogens is 2. The highest BCUT2D eigenvalue weighted by Gasteiger charge is 2.35. The van der Waals surface area contributed by atoms with Crippen molar-refractivity contribution in [1.29, 1.82) is 0 Å². The molecule has 10 heteroatoms. The van der Waals surface area contributed by atoms with Gasteiger partial charge in [-0.2, -0.15) is 0 Å².